The predicted molar refractivity (Wildman–Crippen MR) is 141 cm³/mol. The van der Waals surface area contributed by atoms with Gasteiger partial charge >= 0.3 is 0 Å². The van der Waals surface area contributed by atoms with Gasteiger partial charge in [-0.2, -0.15) is 4.31 Å². The van der Waals surface area contributed by atoms with Crippen molar-refractivity contribution in [2.24, 2.45) is 0 Å². The van der Waals surface area contributed by atoms with E-state index in [1.54, 1.807) is 30.3 Å². The van der Waals surface area contributed by atoms with Crippen molar-refractivity contribution in [3.63, 3.8) is 0 Å². The first-order chi connectivity index (χ1) is 18.8. The highest BCUT2D eigenvalue weighted by Gasteiger charge is 2.46. The summed E-state index contributed by atoms with van der Waals surface area (Å²) in [5.41, 5.74) is 0.582. The predicted octanol–water partition coefficient (Wildman–Crippen LogP) is 3.70. The fourth-order valence-electron chi connectivity index (χ4n) is 5.00. The van der Waals surface area contributed by atoms with Crippen molar-refractivity contribution >= 4 is 27.5 Å². The average Bonchev–Trinajstić information content (AvgIpc) is 3.72. The number of likely N-dealkylation sites (tertiary alicyclic amines) is 1. The zero-order chi connectivity index (χ0) is 27.7. The van der Waals surface area contributed by atoms with Crippen molar-refractivity contribution in [3.8, 4) is 11.5 Å². The van der Waals surface area contributed by atoms with Crippen LogP contribution < -0.4 is 9.47 Å². The van der Waals surface area contributed by atoms with E-state index >= 15 is 0 Å². The highest BCUT2D eigenvalue weighted by atomic mass is 32.2. The molecule has 2 aliphatic heterocycles. The molecule has 0 radical (unpaired) electrons. The molecule has 0 bridgehead atoms. The molecule has 5 rings (SSSR count). The molecule has 1 unspecified atom stereocenters. The lowest BCUT2D eigenvalue weighted by Gasteiger charge is -2.25. The van der Waals surface area contributed by atoms with Crippen LogP contribution in [0.3, 0.4) is 0 Å². The van der Waals surface area contributed by atoms with Crippen LogP contribution in [-0.2, 0) is 26.2 Å². The number of methoxy groups -OCH3 is 2. The lowest BCUT2D eigenvalue weighted by molar-refractivity contribution is -0.140. The van der Waals surface area contributed by atoms with Crippen molar-refractivity contribution in [3.05, 3.63) is 83.3 Å². The molecule has 204 valence electrons. The molecule has 2 aromatic carbocycles. The summed E-state index contributed by atoms with van der Waals surface area (Å²) >= 11 is 0. The fraction of sp³-hybridized carbons (Fsp3) is 0.286. The molecule has 1 atom stereocenters. The molecule has 3 aromatic rings. The van der Waals surface area contributed by atoms with Crippen molar-refractivity contribution in [2.75, 3.05) is 27.3 Å². The highest BCUT2D eigenvalue weighted by Crippen LogP contribution is 2.42. The maximum absolute atomic E-state index is 13.3. The normalized spacial score (nSPS) is 19.5. The van der Waals surface area contributed by atoms with Gasteiger partial charge in [-0.1, -0.05) is 6.07 Å². The van der Waals surface area contributed by atoms with Gasteiger partial charge in [0.05, 0.1) is 43.5 Å². The van der Waals surface area contributed by atoms with E-state index in [1.807, 2.05) is 0 Å². The fourth-order valence-corrected chi connectivity index (χ4v) is 6.52. The van der Waals surface area contributed by atoms with Gasteiger partial charge in [0.1, 0.15) is 11.5 Å². The van der Waals surface area contributed by atoms with Gasteiger partial charge < -0.3 is 23.9 Å². The topological polar surface area (TPSA) is 127 Å². The van der Waals surface area contributed by atoms with Crippen LogP contribution in [0, 0.1) is 0 Å². The Morgan fingerprint density at radius 1 is 1.00 bits per heavy atom. The number of amides is 1. The molecule has 10 nitrogen and oxygen atoms in total. The Hall–Kier alpha value is -4.09. The van der Waals surface area contributed by atoms with Gasteiger partial charge in [-0.05, 0) is 66.9 Å². The number of benzene rings is 2. The quantitative estimate of drug-likeness (QED) is 0.255. The second-order valence-electron chi connectivity index (χ2n) is 9.26. The molecule has 11 heteroatoms. The SMILES string of the molecule is COc1ccc(C2/C(=C(/O)c3ccc(S(=O)(=O)N4CCCC4)cc3)C(=O)C(=O)N2Cc2ccco2)cc1OC. The third-order valence-corrected chi connectivity index (χ3v) is 8.91. The van der Waals surface area contributed by atoms with Crippen molar-refractivity contribution in [1.29, 1.82) is 0 Å². The van der Waals surface area contributed by atoms with E-state index in [9.17, 15) is 23.1 Å². The van der Waals surface area contributed by atoms with Crippen LogP contribution in [-0.4, -0.2) is 61.7 Å². The number of nitrogens with zero attached hydrogens (tertiary/aromatic N) is 2. The molecule has 0 aliphatic carbocycles. The zero-order valence-electron chi connectivity index (χ0n) is 21.5. The number of rotatable bonds is 8. The number of hydrogen-bond acceptors (Lipinski definition) is 8. The van der Waals surface area contributed by atoms with Gasteiger partial charge in [0.2, 0.25) is 10.0 Å². The van der Waals surface area contributed by atoms with Crippen LogP contribution in [0.25, 0.3) is 5.76 Å². The number of hydrogen-bond donors (Lipinski definition) is 1. The number of furan rings is 1. The molecule has 0 saturated carbocycles. The third-order valence-electron chi connectivity index (χ3n) is 7.00. The van der Waals surface area contributed by atoms with E-state index in [4.69, 9.17) is 13.9 Å². The van der Waals surface area contributed by atoms with Gasteiger partial charge in [0, 0.05) is 18.7 Å². The number of ketones is 1. The van der Waals surface area contributed by atoms with Gasteiger partial charge in [0.25, 0.3) is 11.7 Å². The Morgan fingerprint density at radius 3 is 2.31 bits per heavy atom. The van der Waals surface area contributed by atoms with Crippen LogP contribution in [0.1, 0.15) is 35.8 Å². The first-order valence-electron chi connectivity index (χ1n) is 12.4. The first kappa shape index (κ1) is 26.5. The molecule has 39 heavy (non-hydrogen) atoms. The Balaban J connectivity index is 1.59. The Morgan fingerprint density at radius 2 is 1.69 bits per heavy atom. The summed E-state index contributed by atoms with van der Waals surface area (Å²) in [4.78, 5) is 28.0. The maximum Gasteiger partial charge on any atom is 0.296 e. The van der Waals surface area contributed by atoms with Crippen LogP contribution in [0.15, 0.2) is 75.7 Å². The van der Waals surface area contributed by atoms with E-state index in [2.05, 4.69) is 0 Å². The lowest BCUT2D eigenvalue weighted by atomic mass is 9.95. The lowest BCUT2D eigenvalue weighted by Crippen LogP contribution is -2.29. The maximum atomic E-state index is 13.3. The van der Waals surface area contributed by atoms with Crippen LogP contribution in [0.4, 0.5) is 0 Å². The molecule has 1 amide bonds. The zero-order valence-corrected chi connectivity index (χ0v) is 22.3. The molecule has 2 saturated heterocycles. The van der Waals surface area contributed by atoms with Crippen LogP contribution >= 0.6 is 0 Å². The van der Waals surface area contributed by atoms with Crippen molar-refractivity contribution in [1.82, 2.24) is 9.21 Å². The molecule has 1 aromatic heterocycles. The summed E-state index contributed by atoms with van der Waals surface area (Å²) in [5, 5.41) is 11.4. The third kappa shape index (κ3) is 4.79. The average molecular weight is 553 g/mol. The van der Waals surface area contributed by atoms with Crippen LogP contribution in [0.5, 0.6) is 11.5 Å². The van der Waals surface area contributed by atoms with E-state index in [0.717, 1.165) is 12.8 Å². The smallest absolute Gasteiger partial charge is 0.296 e. The second-order valence-corrected chi connectivity index (χ2v) is 11.2. The van der Waals surface area contributed by atoms with Gasteiger partial charge in [0.15, 0.2) is 11.5 Å². The number of aliphatic hydroxyl groups excluding tert-OH is 1. The molecule has 2 aliphatic rings. The minimum atomic E-state index is -3.66. The summed E-state index contributed by atoms with van der Waals surface area (Å²) in [7, 11) is -0.690. The Kier molecular flexibility index (Phi) is 7.19. The monoisotopic (exact) mass is 552 g/mol. The number of ether oxygens (including phenoxy) is 2. The van der Waals surface area contributed by atoms with Crippen molar-refractivity contribution in [2.45, 2.75) is 30.3 Å². The number of aliphatic hydroxyl groups is 1. The van der Waals surface area contributed by atoms with Crippen LogP contribution in [0.2, 0.25) is 0 Å². The molecule has 2 fully saturated rings. The molecular formula is C28H28N2O8S. The largest absolute Gasteiger partial charge is 0.507 e. The summed E-state index contributed by atoms with van der Waals surface area (Å²) in [5.74, 6) is -0.790. The molecule has 0 spiro atoms. The Bertz CT molecular complexity index is 1520. The van der Waals surface area contributed by atoms with Gasteiger partial charge in [-0.3, -0.25) is 9.59 Å². The summed E-state index contributed by atoms with van der Waals surface area (Å²) in [6.07, 6.45) is 3.09. The summed E-state index contributed by atoms with van der Waals surface area (Å²) < 4.78 is 43.5. The first-order valence-corrected chi connectivity index (χ1v) is 13.8. The Labute approximate surface area is 226 Å². The minimum Gasteiger partial charge on any atom is -0.507 e. The molecule has 3 heterocycles. The van der Waals surface area contributed by atoms with Gasteiger partial charge in [-0.25, -0.2) is 8.42 Å². The molecular weight excluding hydrogens is 524 g/mol. The minimum absolute atomic E-state index is 0.0135. The highest BCUT2D eigenvalue weighted by molar-refractivity contribution is 7.89. The standard InChI is InChI=1S/C28H28N2O8S/c1-36-22-12-9-19(16-23(22)37-2)25-24(27(32)28(33)30(25)17-20-6-5-15-38-20)26(31)18-7-10-21(11-8-18)39(34,35)29-13-3-4-14-29/h5-12,15-16,25,31H,3-4,13-14,17H2,1-2H3/b26-24-. The summed E-state index contributed by atoms with van der Waals surface area (Å²) in [6, 6.07) is 13.0. The van der Waals surface area contributed by atoms with Crippen molar-refractivity contribution < 1.29 is 37.0 Å². The van der Waals surface area contributed by atoms with E-state index in [-0.39, 0.29) is 22.6 Å². The number of Topliss-reactive ketones (excluding diaryl/α,β-unsaturated/α-hetero) is 1. The second kappa shape index (κ2) is 10.6. The van der Waals surface area contributed by atoms with E-state index in [0.29, 0.717) is 35.9 Å². The van der Waals surface area contributed by atoms with E-state index in [1.165, 1.54) is 54.0 Å². The number of sulfonamides is 1. The number of carbonyl (C=O) groups excluding carboxylic acids is 2. The molecule has 1 N–H and O–H groups in total. The summed E-state index contributed by atoms with van der Waals surface area (Å²) in [6.45, 7) is 0.920. The van der Waals surface area contributed by atoms with Gasteiger partial charge in [-0.15, -0.1) is 0 Å². The van der Waals surface area contributed by atoms with E-state index < -0.39 is 33.5 Å². The number of carbonyl (C=O) groups is 2.